The predicted octanol–water partition coefficient (Wildman–Crippen LogP) is 3.73. The van der Waals surface area contributed by atoms with Crippen LogP contribution in [-0.4, -0.2) is 74.2 Å². The lowest BCUT2D eigenvalue weighted by Gasteiger charge is -2.33. The highest BCUT2D eigenvalue weighted by molar-refractivity contribution is 5.80. The number of nitrogens with zero attached hydrogens (tertiary/aromatic N) is 3. The summed E-state index contributed by atoms with van der Waals surface area (Å²) in [7, 11) is 1.75. The molecule has 1 saturated heterocycles. The topological polar surface area (TPSA) is 85.8 Å². The summed E-state index contributed by atoms with van der Waals surface area (Å²) in [5.41, 5.74) is 3.39. The quantitative estimate of drug-likeness (QED) is 0.295. The van der Waals surface area contributed by atoms with E-state index in [4.69, 9.17) is 14.2 Å². The molecule has 0 unspecified atom stereocenters. The maximum absolute atomic E-state index is 11.3. The van der Waals surface area contributed by atoms with Gasteiger partial charge in [0, 0.05) is 44.0 Å². The van der Waals surface area contributed by atoms with Crippen LogP contribution in [0.25, 0.3) is 11.3 Å². The van der Waals surface area contributed by atoms with Gasteiger partial charge in [0.05, 0.1) is 6.61 Å². The molecular formula is C25H34N4O4. The Morgan fingerprint density at radius 1 is 1.21 bits per heavy atom. The second kappa shape index (κ2) is 11.5. The van der Waals surface area contributed by atoms with E-state index >= 15 is 0 Å². The van der Waals surface area contributed by atoms with Crippen LogP contribution in [0.2, 0.25) is 0 Å². The van der Waals surface area contributed by atoms with Crippen molar-refractivity contribution in [1.82, 2.24) is 15.1 Å². The van der Waals surface area contributed by atoms with Crippen molar-refractivity contribution in [2.45, 2.75) is 44.6 Å². The molecule has 0 bridgehead atoms. The lowest BCUT2D eigenvalue weighted by Crippen LogP contribution is -2.43. The zero-order chi connectivity index (χ0) is 23.0. The zero-order valence-electron chi connectivity index (χ0n) is 19.6. The van der Waals surface area contributed by atoms with Crippen LogP contribution in [0.4, 0.5) is 5.82 Å². The number of ether oxygens (including phenoxy) is 3. The van der Waals surface area contributed by atoms with Gasteiger partial charge in [0.1, 0.15) is 23.5 Å². The minimum absolute atomic E-state index is 0.124. The number of piperidine rings is 1. The number of methoxy groups -OCH3 is 1. The van der Waals surface area contributed by atoms with E-state index in [9.17, 15) is 4.79 Å². The molecule has 1 aliphatic heterocycles. The number of hydrogen-bond donors (Lipinski definition) is 1. The van der Waals surface area contributed by atoms with Crippen molar-refractivity contribution >= 4 is 12.1 Å². The summed E-state index contributed by atoms with van der Waals surface area (Å²) in [6, 6.07) is 7.91. The smallest absolute Gasteiger partial charge is 0.189 e. The van der Waals surface area contributed by atoms with E-state index in [2.05, 4.69) is 26.5 Å². The Hall–Kier alpha value is -2.55. The number of hydrogen-bond acceptors (Lipinski definition) is 8. The maximum Gasteiger partial charge on any atom is 0.189 e. The first-order chi connectivity index (χ1) is 16.2. The highest BCUT2D eigenvalue weighted by Crippen LogP contribution is 2.45. The predicted molar refractivity (Wildman–Crippen MR) is 127 cm³/mol. The van der Waals surface area contributed by atoms with E-state index in [0.29, 0.717) is 29.9 Å². The van der Waals surface area contributed by atoms with Gasteiger partial charge < -0.3 is 19.5 Å². The SMILES string of the molecule is CCOCOc1cc(C=O)ccc1-c1nnc(N[C@@H]2CCCN(CCOC)C2)cc1C1CC1. The monoisotopic (exact) mass is 454 g/mol. The fourth-order valence-electron chi connectivity index (χ4n) is 4.31. The lowest BCUT2D eigenvalue weighted by atomic mass is 10.0. The molecule has 0 radical (unpaired) electrons. The van der Waals surface area contributed by atoms with Crippen LogP contribution < -0.4 is 10.1 Å². The molecule has 2 fully saturated rings. The Labute approximate surface area is 195 Å². The first-order valence-corrected chi connectivity index (χ1v) is 11.9. The number of anilines is 1. The molecule has 2 aromatic rings. The Morgan fingerprint density at radius 2 is 2.09 bits per heavy atom. The molecule has 1 N–H and O–H groups in total. The van der Waals surface area contributed by atoms with Crippen molar-refractivity contribution in [3.8, 4) is 17.0 Å². The van der Waals surface area contributed by atoms with Gasteiger partial charge in [0.25, 0.3) is 0 Å². The Kier molecular flexibility index (Phi) is 8.25. The van der Waals surface area contributed by atoms with E-state index in [1.54, 1.807) is 19.2 Å². The van der Waals surface area contributed by atoms with Gasteiger partial charge in [-0.15, -0.1) is 10.2 Å². The van der Waals surface area contributed by atoms with Gasteiger partial charge in [0.15, 0.2) is 6.79 Å². The number of likely N-dealkylation sites (tertiary alicyclic amines) is 1. The standard InChI is InChI=1S/C25H34N4O4/c1-3-32-17-33-23-13-18(16-30)6-9-21(23)25-22(19-7-8-19)14-24(27-28-25)26-20-5-4-10-29(15-20)11-12-31-2/h6,9,13-14,16,19-20H,3-5,7-8,10-12,15,17H2,1-2H3,(H,26,27)/t20-/m1/s1. The Bertz CT molecular complexity index is 935. The van der Waals surface area contributed by atoms with Gasteiger partial charge >= 0.3 is 0 Å². The van der Waals surface area contributed by atoms with Gasteiger partial charge in [0.2, 0.25) is 0 Å². The van der Waals surface area contributed by atoms with Crippen LogP contribution >= 0.6 is 0 Å². The molecule has 1 saturated carbocycles. The number of aromatic nitrogens is 2. The molecule has 2 heterocycles. The van der Waals surface area contributed by atoms with Crippen LogP contribution in [-0.2, 0) is 9.47 Å². The largest absolute Gasteiger partial charge is 0.467 e. The molecule has 1 atom stereocenters. The number of aldehydes is 1. The van der Waals surface area contributed by atoms with Gasteiger partial charge in [-0.3, -0.25) is 9.69 Å². The first kappa shape index (κ1) is 23.6. The summed E-state index contributed by atoms with van der Waals surface area (Å²) in [4.78, 5) is 13.7. The molecule has 2 aliphatic rings. The van der Waals surface area contributed by atoms with E-state index in [1.165, 1.54) is 5.56 Å². The van der Waals surface area contributed by atoms with Crippen LogP contribution in [0.3, 0.4) is 0 Å². The fraction of sp³-hybridized carbons (Fsp3) is 0.560. The highest BCUT2D eigenvalue weighted by atomic mass is 16.7. The second-order valence-electron chi connectivity index (χ2n) is 8.71. The number of benzene rings is 1. The molecule has 1 aliphatic carbocycles. The molecule has 1 aromatic carbocycles. The molecule has 0 spiro atoms. The molecule has 33 heavy (non-hydrogen) atoms. The summed E-state index contributed by atoms with van der Waals surface area (Å²) in [5, 5.41) is 12.8. The van der Waals surface area contributed by atoms with Crippen molar-refractivity contribution in [2.75, 3.05) is 52.1 Å². The molecule has 8 nitrogen and oxygen atoms in total. The summed E-state index contributed by atoms with van der Waals surface area (Å²) in [6.45, 7) is 6.39. The van der Waals surface area contributed by atoms with Crippen molar-refractivity contribution in [2.24, 2.45) is 0 Å². The summed E-state index contributed by atoms with van der Waals surface area (Å²) < 4.78 is 16.4. The molecule has 1 aromatic heterocycles. The Morgan fingerprint density at radius 3 is 2.85 bits per heavy atom. The van der Waals surface area contributed by atoms with Crippen LogP contribution in [0, 0.1) is 0 Å². The number of carbonyl (C=O) groups is 1. The van der Waals surface area contributed by atoms with Gasteiger partial charge in [-0.05, 0) is 68.8 Å². The third kappa shape index (κ3) is 6.28. The minimum Gasteiger partial charge on any atom is -0.467 e. The summed E-state index contributed by atoms with van der Waals surface area (Å²) in [6.07, 6.45) is 5.39. The molecule has 8 heteroatoms. The zero-order valence-corrected chi connectivity index (χ0v) is 19.6. The molecule has 0 amide bonds. The maximum atomic E-state index is 11.3. The lowest BCUT2D eigenvalue weighted by molar-refractivity contribution is 0.0227. The number of nitrogens with one attached hydrogen (secondary N) is 1. The number of carbonyl (C=O) groups excluding carboxylic acids is 1. The Balaban J connectivity index is 1.55. The summed E-state index contributed by atoms with van der Waals surface area (Å²) in [5.74, 6) is 1.89. The van der Waals surface area contributed by atoms with Crippen LogP contribution in [0.5, 0.6) is 5.75 Å². The molecular weight excluding hydrogens is 420 g/mol. The van der Waals surface area contributed by atoms with Crippen molar-refractivity contribution in [3.63, 3.8) is 0 Å². The minimum atomic E-state index is 0.124. The van der Waals surface area contributed by atoms with Gasteiger partial charge in [-0.25, -0.2) is 0 Å². The normalized spacial score (nSPS) is 18.8. The van der Waals surface area contributed by atoms with Crippen LogP contribution in [0.15, 0.2) is 24.3 Å². The fourth-order valence-corrected chi connectivity index (χ4v) is 4.31. The first-order valence-electron chi connectivity index (χ1n) is 11.9. The molecule has 4 rings (SSSR count). The third-order valence-electron chi connectivity index (χ3n) is 6.21. The third-order valence-corrected chi connectivity index (χ3v) is 6.21. The number of rotatable bonds is 12. The average Bonchev–Trinajstić information content (AvgIpc) is 3.69. The summed E-state index contributed by atoms with van der Waals surface area (Å²) >= 11 is 0. The van der Waals surface area contributed by atoms with Gasteiger partial charge in [-0.1, -0.05) is 6.07 Å². The van der Waals surface area contributed by atoms with E-state index in [-0.39, 0.29) is 6.79 Å². The van der Waals surface area contributed by atoms with Crippen molar-refractivity contribution < 1.29 is 19.0 Å². The van der Waals surface area contributed by atoms with E-state index in [1.807, 2.05) is 13.0 Å². The van der Waals surface area contributed by atoms with Crippen molar-refractivity contribution in [3.05, 3.63) is 35.4 Å². The van der Waals surface area contributed by atoms with E-state index in [0.717, 1.165) is 75.3 Å². The van der Waals surface area contributed by atoms with Crippen LogP contribution in [0.1, 0.15) is 54.4 Å². The van der Waals surface area contributed by atoms with E-state index < -0.39 is 0 Å². The molecule has 178 valence electrons. The van der Waals surface area contributed by atoms with Crippen molar-refractivity contribution in [1.29, 1.82) is 0 Å². The van der Waals surface area contributed by atoms with Gasteiger partial charge in [-0.2, -0.15) is 0 Å². The highest BCUT2D eigenvalue weighted by Gasteiger charge is 2.30. The average molecular weight is 455 g/mol. The second-order valence-corrected chi connectivity index (χ2v) is 8.71.